The maximum atomic E-state index is 14.1. The molecular formula is C30H34Cl2F5N3. The monoisotopic (exact) mass is 601 g/mol. The highest BCUT2D eigenvalue weighted by Gasteiger charge is 2.43. The number of benzene rings is 2. The van der Waals surface area contributed by atoms with Crippen molar-refractivity contribution in [2.75, 3.05) is 24.5 Å². The van der Waals surface area contributed by atoms with Gasteiger partial charge in [-0.15, -0.1) is 12.4 Å². The minimum absolute atomic E-state index is 0. The number of rotatable bonds is 11. The van der Waals surface area contributed by atoms with E-state index in [9.17, 15) is 22.0 Å². The molecule has 1 fully saturated rings. The Balaban J connectivity index is 0.00000441. The van der Waals surface area contributed by atoms with E-state index in [1.54, 1.807) is 24.3 Å². The number of aryl methyl sites for hydroxylation is 2. The van der Waals surface area contributed by atoms with Gasteiger partial charge in [-0.1, -0.05) is 48.7 Å². The first-order chi connectivity index (χ1) is 18.7. The molecule has 40 heavy (non-hydrogen) atoms. The first-order valence-corrected chi connectivity index (χ1v) is 13.8. The lowest BCUT2D eigenvalue weighted by atomic mass is 9.82. The van der Waals surface area contributed by atoms with Gasteiger partial charge >= 0.3 is 6.18 Å². The summed E-state index contributed by atoms with van der Waals surface area (Å²) in [5, 5.41) is 3.44. The second kappa shape index (κ2) is 14.5. The summed E-state index contributed by atoms with van der Waals surface area (Å²) in [5.74, 6) is -0.679. The van der Waals surface area contributed by atoms with E-state index in [-0.39, 0.29) is 35.0 Å². The van der Waals surface area contributed by atoms with Crippen molar-refractivity contribution in [1.82, 2.24) is 10.3 Å². The number of anilines is 1. The number of hydrogen-bond acceptors (Lipinski definition) is 3. The summed E-state index contributed by atoms with van der Waals surface area (Å²) in [6, 6.07) is 15.0. The summed E-state index contributed by atoms with van der Waals surface area (Å²) in [6.07, 6.45) is 1.53. The van der Waals surface area contributed by atoms with Crippen molar-refractivity contribution in [1.29, 1.82) is 0 Å². The first-order valence-electron chi connectivity index (χ1n) is 13.4. The number of aromatic nitrogens is 1. The van der Waals surface area contributed by atoms with Crippen LogP contribution in [0.25, 0.3) is 0 Å². The zero-order valence-electron chi connectivity index (χ0n) is 22.1. The molecule has 1 aromatic heterocycles. The Morgan fingerprint density at radius 1 is 0.800 bits per heavy atom. The summed E-state index contributed by atoms with van der Waals surface area (Å²) in [7, 11) is 0. The van der Waals surface area contributed by atoms with Crippen LogP contribution >= 0.6 is 24.0 Å². The molecule has 3 nitrogen and oxygen atoms in total. The molecule has 1 N–H and O–H groups in total. The van der Waals surface area contributed by atoms with Crippen molar-refractivity contribution < 1.29 is 22.0 Å². The van der Waals surface area contributed by atoms with Crippen LogP contribution in [0.3, 0.4) is 0 Å². The Labute approximate surface area is 243 Å². The van der Waals surface area contributed by atoms with Crippen LogP contribution in [-0.2, 0) is 19.0 Å². The van der Waals surface area contributed by atoms with E-state index in [0.717, 1.165) is 55.7 Å². The Morgan fingerprint density at radius 3 is 1.82 bits per heavy atom. The Hall–Kier alpha value is -2.42. The molecule has 10 heteroatoms. The summed E-state index contributed by atoms with van der Waals surface area (Å²) < 4.78 is 68.7. The van der Waals surface area contributed by atoms with Crippen LogP contribution in [0, 0.1) is 11.6 Å². The van der Waals surface area contributed by atoms with Crippen molar-refractivity contribution in [2.45, 2.75) is 63.1 Å². The van der Waals surface area contributed by atoms with Crippen molar-refractivity contribution in [3.8, 4) is 0 Å². The summed E-state index contributed by atoms with van der Waals surface area (Å²) in [5.41, 5.74) is 0.691. The number of alkyl halides is 3. The second-order valence-corrected chi connectivity index (χ2v) is 10.6. The second-order valence-electron chi connectivity index (χ2n) is 10.2. The van der Waals surface area contributed by atoms with E-state index < -0.39 is 17.3 Å². The van der Waals surface area contributed by atoms with Crippen molar-refractivity contribution >= 4 is 29.8 Å². The van der Waals surface area contributed by atoms with E-state index in [4.69, 9.17) is 11.6 Å². The highest BCUT2D eigenvalue weighted by Crippen LogP contribution is 2.41. The van der Waals surface area contributed by atoms with Gasteiger partial charge in [-0.3, -0.25) is 0 Å². The van der Waals surface area contributed by atoms with E-state index >= 15 is 0 Å². The molecule has 0 saturated carbocycles. The lowest BCUT2D eigenvalue weighted by Crippen LogP contribution is -2.62. The molecule has 4 rings (SSSR count). The average molecular weight is 603 g/mol. The fraction of sp³-hybridized carbons (Fsp3) is 0.433. The zero-order valence-corrected chi connectivity index (χ0v) is 23.7. The molecule has 0 spiro atoms. The molecule has 1 saturated heterocycles. The number of halogens is 7. The quantitative estimate of drug-likeness (QED) is 0.136. The van der Waals surface area contributed by atoms with Gasteiger partial charge in [0.1, 0.15) is 22.6 Å². The summed E-state index contributed by atoms with van der Waals surface area (Å²) in [4.78, 5) is 6.03. The zero-order chi connectivity index (χ0) is 27.9. The molecule has 0 aliphatic carbocycles. The lowest BCUT2D eigenvalue weighted by molar-refractivity contribution is -0.137. The Bertz CT molecular complexity index is 1150. The Kier molecular flexibility index (Phi) is 11.6. The molecule has 0 amide bonds. The van der Waals surface area contributed by atoms with Gasteiger partial charge in [0, 0.05) is 19.6 Å². The molecule has 2 heterocycles. The van der Waals surface area contributed by atoms with Crippen LogP contribution in [0.5, 0.6) is 0 Å². The van der Waals surface area contributed by atoms with Crippen LogP contribution in [-0.4, -0.2) is 30.2 Å². The van der Waals surface area contributed by atoms with Gasteiger partial charge in [-0.2, -0.15) is 13.2 Å². The van der Waals surface area contributed by atoms with E-state index in [2.05, 4.69) is 10.3 Å². The summed E-state index contributed by atoms with van der Waals surface area (Å²) >= 11 is 6.12. The van der Waals surface area contributed by atoms with Crippen molar-refractivity contribution in [3.63, 3.8) is 0 Å². The normalized spacial score (nSPS) is 15.1. The van der Waals surface area contributed by atoms with Gasteiger partial charge in [0.25, 0.3) is 0 Å². The van der Waals surface area contributed by atoms with Gasteiger partial charge in [0.15, 0.2) is 0 Å². The average Bonchev–Trinajstić information content (AvgIpc) is 2.91. The smallest absolute Gasteiger partial charge is 0.348 e. The number of nitrogens with one attached hydrogen (secondary N) is 1. The minimum atomic E-state index is -4.56. The van der Waals surface area contributed by atoms with Crippen LogP contribution < -0.4 is 10.2 Å². The molecule has 3 aromatic rings. The number of unbranched alkanes of at least 4 members (excludes halogenated alkanes) is 2. The molecule has 0 bridgehead atoms. The molecule has 2 aromatic carbocycles. The van der Waals surface area contributed by atoms with Crippen LogP contribution in [0.2, 0.25) is 5.15 Å². The minimum Gasteiger partial charge on any atom is -0.348 e. The number of pyridine rings is 1. The SMILES string of the molecule is Cl.Fc1ccc(CCCCC2(CCCCc3ccc(F)cc3)CNCCN2c2nc(Cl)ccc2C(F)(F)F)cc1. The predicted molar refractivity (Wildman–Crippen MR) is 152 cm³/mol. The maximum Gasteiger partial charge on any atom is 0.419 e. The third-order valence-electron chi connectivity index (χ3n) is 7.48. The fourth-order valence-corrected chi connectivity index (χ4v) is 5.61. The maximum absolute atomic E-state index is 14.1. The predicted octanol–water partition coefficient (Wildman–Crippen LogP) is 8.43. The molecule has 1 aliphatic rings. The van der Waals surface area contributed by atoms with Crippen LogP contribution in [0.1, 0.15) is 55.2 Å². The van der Waals surface area contributed by atoms with Crippen molar-refractivity contribution in [2.24, 2.45) is 0 Å². The Morgan fingerprint density at radius 2 is 1.32 bits per heavy atom. The largest absolute Gasteiger partial charge is 0.419 e. The number of nitrogens with zero attached hydrogens (tertiary/aromatic N) is 2. The fourth-order valence-electron chi connectivity index (χ4n) is 5.47. The lowest BCUT2D eigenvalue weighted by Gasteiger charge is -2.49. The van der Waals surface area contributed by atoms with Crippen molar-refractivity contribution in [3.05, 3.63) is 94.1 Å². The van der Waals surface area contributed by atoms with Gasteiger partial charge in [-0.05, 0) is 86.1 Å². The number of hydrogen-bond donors (Lipinski definition) is 1. The molecular weight excluding hydrogens is 568 g/mol. The van der Waals surface area contributed by atoms with Crippen LogP contribution in [0.15, 0.2) is 60.7 Å². The van der Waals surface area contributed by atoms with Gasteiger partial charge < -0.3 is 10.2 Å². The molecule has 0 unspecified atom stereocenters. The molecule has 1 aliphatic heterocycles. The van der Waals surface area contributed by atoms with Gasteiger partial charge in [0.05, 0.1) is 11.1 Å². The van der Waals surface area contributed by atoms with Gasteiger partial charge in [0.2, 0.25) is 0 Å². The standard InChI is InChI=1S/C30H33ClF5N3.ClH/c31-27-16-15-26(30(34,35)36)28(38-27)39-20-19-37-21-29(39,17-3-1-5-22-7-11-24(32)12-8-22)18-4-2-6-23-9-13-25(33)14-10-23;/h7-16,37H,1-6,17-21H2;1H. The van der Waals surface area contributed by atoms with E-state index in [0.29, 0.717) is 32.5 Å². The first kappa shape index (κ1) is 32.1. The third kappa shape index (κ3) is 8.54. The molecule has 0 radical (unpaired) electrons. The summed E-state index contributed by atoms with van der Waals surface area (Å²) in [6.45, 7) is 1.45. The molecule has 218 valence electrons. The van der Waals surface area contributed by atoms with Crippen LogP contribution in [0.4, 0.5) is 27.8 Å². The van der Waals surface area contributed by atoms with E-state index in [1.807, 2.05) is 4.90 Å². The highest BCUT2D eigenvalue weighted by atomic mass is 35.5. The van der Waals surface area contributed by atoms with E-state index in [1.165, 1.54) is 30.3 Å². The molecule has 0 atom stereocenters. The topological polar surface area (TPSA) is 28.2 Å². The number of piperazine rings is 1. The third-order valence-corrected chi connectivity index (χ3v) is 7.69. The highest BCUT2D eigenvalue weighted by molar-refractivity contribution is 6.29. The van der Waals surface area contributed by atoms with Gasteiger partial charge in [-0.25, -0.2) is 13.8 Å².